The molecule has 3 aromatic rings. The molecule has 0 spiro atoms. The van der Waals surface area contributed by atoms with Crippen LogP contribution in [0.5, 0.6) is 0 Å². The van der Waals surface area contributed by atoms with E-state index in [1.165, 1.54) is 0 Å². The second-order valence-corrected chi connectivity index (χ2v) is 9.34. The lowest BCUT2D eigenvalue weighted by Gasteiger charge is -2.30. The summed E-state index contributed by atoms with van der Waals surface area (Å²) in [5.74, 6) is 1.55. The number of aryl methyl sites for hydroxylation is 2. The third kappa shape index (κ3) is 5.98. The number of methoxy groups -OCH3 is 1. The van der Waals surface area contributed by atoms with Gasteiger partial charge in [-0.2, -0.15) is 4.98 Å². The summed E-state index contributed by atoms with van der Waals surface area (Å²) < 4.78 is 6.82. The Bertz CT molecular complexity index is 1050. The molecule has 1 unspecified atom stereocenters. The summed E-state index contributed by atoms with van der Waals surface area (Å²) in [7, 11) is 1.79. The Morgan fingerprint density at radius 1 is 1.06 bits per heavy atom. The van der Waals surface area contributed by atoms with Gasteiger partial charge in [-0.1, -0.05) is 27.7 Å². The van der Waals surface area contributed by atoms with E-state index >= 15 is 0 Å². The maximum Gasteiger partial charge on any atom is 0.222 e. The summed E-state index contributed by atoms with van der Waals surface area (Å²) in [5, 5.41) is 4.53. The van der Waals surface area contributed by atoms with Crippen LogP contribution in [0.4, 0.5) is 11.8 Å². The molecule has 0 saturated heterocycles. The van der Waals surface area contributed by atoms with Crippen molar-refractivity contribution in [2.24, 2.45) is 5.92 Å². The fourth-order valence-corrected chi connectivity index (χ4v) is 5.26. The van der Waals surface area contributed by atoms with E-state index in [4.69, 9.17) is 15.5 Å². The van der Waals surface area contributed by atoms with Gasteiger partial charge in [0.2, 0.25) is 5.95 Å². The van der Waals surface area contributed by atoms with Gasteiger partial charge in [-0.3, -0.25) is 4.98 Å². The van der Waals surface area contributed by atoms with E-state index in [0.717, 1.165) is 57.3 Å². The number of nitrogen functional groups attached to an aromatic ring is 1. The molecule has 4 rings (SSSR count). The number of nitrogens with one attached hydrogen (secondary N) is 1. The van der Waals surface area contributed by atoms with Gasteiger partial charge in [-0.05, 0) is 58.9 Å². The molecule has 1 fully saturated rings. The monoisotopic (exact) mass is 472 g/mol. The molecule has 3 heterocycles. The third-order valence-electron chi connectivity index (χ3n) is 6.09. The van der Waals surface area contributed by atoms with E-state index in [9.17, 15) is 0 Å². The second kappa shape index (κ2) is 11.7. The highest BCUT2D eigenvalue weighted by atomic mass is 32.1. The van der Waals surface area contributed by atoms with Crippen molar-refractivity contribution in [2.45, 2.75) is 86.3 Å². The molecule has 7 nitrogen and oxygen atoms in total. The van der Waals surface area contributed by atoms with Crippen molar-refractivity contribution < 1.29 is 4.74 Å². The maximum atomic E-state index is 5.99. The summed E-state index contributed by atoms with van der Waals surface area (Å²) in [5.41, 5.74) is 9.47. The Morgan fingerprint density at radius 2 is 1.76 bits per heavy atom. The van der Waals surface area contributed by atoms with Crippen LogP contribution in [0.15, 0.2) is 12.3 Å². The Labute approximate surface area is 202 Å². The van der Waals surface area contributed by atoms with Gasteiger partial charge in [0.15, 0.2) is 0 Å². The van der Waals surface area contributed by atoms with E-state index in [-0.39, 0.29) is 11.5 Å². The van der Waals surface area contributed by atoms with E-state index in [1.54, 1.807) is 18.4 Å². The number of pyridine rings is 1. The second-order valence-electron chi connectivity index (χ2n) is 8.31. The van der Waals surface area contributed by atoms with Crippen LogP contribution < -0.4 is 11.1 Å². The van der Waals surface area contributed by atoms with Crippen LogP contribution in [0.3, 0.4) is 0 Å². The van der Waals surface area contributed by atoms with Gasteiger partial charge in [0.25, 0.3) is 0 Å². The molecule has 2 atom stereocenters. The number of fused-ring (bicyclic) bond motifs is 1. The number of nitrogens with two attached hydrogens (primary N) is 1. The molecule has 3 N–H and O–H groups in total. The van der Waals surface area contributed by atoms with Crippen molar-refractivity contribution in [3.05, 3.63) is 23.7 Å². The predicted octanol–water partition coefficient (Wildman–Crippen LogP) is 6.41. The number of ether oxygens (including phenoxy) is 1. The van der Waals surface area contributed by atoms with Crippen LogP contribution >= 0.6 is 11.3 Å². The number of nitrogens with zero attached hydrogens (tertiary/aromatic N) is 4. The molecular formula is C25H40N6OS. The molecule has 182 valence electrons. The molecule has 1 saturated carbocycles. The topological polar surface area (TPSA) is 98.8 Å². The molecule has 0 amide bonds. The lowest BCUT2D eigenvalue weighted by atomic mass is 9.89. The molecule has 0 bridgehead atoms. The van der Waals surface area contributed by atoms with E-state index in [1.807, 2.05) is 53.8 Å². The Morgan fingerprint density at radius 3 is 2.39 bits per heavy atom. The van der Waals surface area contributed by atoms with Gasteiger partial charge in [0, 0.05) is 19.3 Å². The van der Waals surface area contributed by atoms with Crippen molar-refractivity contribution in [3.8, 4) is 10.6 Å². The predicted molar refractivity (Wildman–Crippen MR) is 141 cm³/mol. The molecule has 0 aromatic carbocycles. The highest BCUT2D eigenvalue weighted by molar-refractivity contribution is 7.21. The van der Waals surface area contributed by atoms with Gasteiger partial charge in [0.1, 0.15) is 16.3 Å². The average molecular weight is 473 g/mol. The SMILES string of the molecule is CC.CC.COC(C)(C)C1CC[C@H](Nc2nc(N)nc(C)c2-c2nc3c(C)nccc3s2)C1. The lowest BCUT2D eigenvalue weighted by molar-refractivity contribution is -0.0258. The fourth-order valence-electron chi connectivity index (χ4n) is 4.15. The number of thiazole rings is 1. The molecule has 0 aliphatic heterocycles. The molecule has 8 heteroatoms. The summed E-state index contributed by atoms with van der Waals surface area (Å²) in [6.07, 6.45) is 5.05. The Kier molecular flexibility index (Phi) is 9.55. The van der Waals surface area contributed by atoms with Gasteiger partial charge >= 0.3 is 0 Å². The van der Waals surface area contributed by atoms with Crippen LogP contribution in [0.1, 0.15) is 72.2 Å². The molecule has 1 aliphatic carbocycles. The number of rotatable bonds is 5. The summed E-state index contributed by atoms with van der Waals surface area (Å²) in [6.45, 7) is 16.3. The lowest BCUT2D eigenvalue weighted by Crippen LogP contribution is -2.32. The number of anilines is 2. The van der Waals surface area contributed by atoms with Gasteiger partial charge < -0.3 is 15.8 Å². The third-order valence-corrected chi connectivity index (χ3v) is 7.13. The van der Waals surface area contributed by atoms with Crippen molar-refractivity contribution in [2.75, 3.05) is 18.2 Å². The van der Waals surface area contributed by atoms with E-state index in [0.29, 0.717) is 12.0 Å². The fraction of sp³-hybridized carbons (Fsp3) is 0.600. The zero-order valence-corrected chi connectivity index (χ0v) is 22.4. The first-order valence-corrected chi connectivity index (χ1v) is 12.8. The number of hydrogen-bond acceptors (Lipinski definition) is 8. The zero-order chi connectivity index (χ0) is 24.8. The normalized spacial score (nSPS) is 17.7. The summed E-state index contributed by atoms with van der Waals surface area (Å²) in [6, 6.07) is 2.32. The molecule has 0 radical (unpaired) electrons. The van der Waals surface area contributed by atoms with Crippen molar-refractivity contribution in [1.29, 1.82) is 0 Å². The van der Waals surface area contributed by atoms with Gasteiger partial charge in [0.05, 0.1) is 27.3 Å². The number of hydrogen-bond donors (Lipinski definition) is 2. The summed E-state index contributed by atoms with van der Waals surface area (Å²) >= 11 is 1.63. The first-order chi connectivity index (χ1) is 15.8. The van der Waals surface area contributed by atoms with Crippen LogP contribution in [-0.4, -0.2) is 38.7 Å². The maximum absolute atomic E-state index is 5.99. The minimum Gasteiger partial charge on any atom is -0.379 e. The van der Waals surface area contributed by atoms with Gasteiger partial charge in [-0.15, -0.1) is 11.3 Å². The first kappa shape index (κ1) is 26.9. The Hall–Kier alpha value is -2.32. The number of aromatic nitrogens is 4. The quantitative estimate of drug-likeness (QED) is 0.443. The first-order valence-electron chi connectivity index (χ1n) is 12.0. The van der Waals surface area contributed by atoms with Crippen LogP contribution in [0.25, 0.3) is 20.8 Å². The molecular weight excluding hydrogens is 432 g/mol. The highest BCUT2D eigenvalue weighted by Gasteiger charge is 2.36. The summed E-state index contributed by atoms with van der Waals surface area (Å²) in [4.78, 5) is 18.2. The highest BCUT2D eigenvalue weighted by Crippen LogP contribution is 2.40. The zero-order valence-electron chi connectivity index (χ0n) is 21.6. The van der Waals surface area contributed by atoms with E-state index < -0.39 is 0 Å². The molecule has 33 heavy (non-hydrogen) atoms. The average Bonchev–Trinajstić information content (AvgIpc) is 3.44. The van der Waals surface area contributed by atoms with Crippen LogP contribution in [0, 0.1) is 19.8 Å². The van der Waals surface area contributed by atoms with Gasteiger partial charge in [-0.25, -0.2) is 9.97 Å². The molecule has 1 aliphatic rings. The minimum absolute atomic E-state index is 0.128. The van der Waals surface area contributed by atoms with Crippen molar-refractivity contribution >= 4 is 33.3 Å². The van der Waals surface area contributed by atoms with Crippen LogP contribution in [0.2, 0.25) is 0 Å². The smallest absolute Gasteiger partial charge is 0.222 e. The minimum atomic E-state index is -0.128. The van der Waals surface area contributed by atoms with E-state index in [2.05, 4.69) is 34.1 Å². The molecule has 3 aromatic heterocycles. The largest absolute Gasteiger partial charge is 0.379 e. The van der Waals surface area contributed by atoms with Crippen LogP contribution in [-0.2, 0) is 4.74 Å². The standard InChI is InChI=1S/C21H28N6OS.2C2H6/c1-11-16(19-26-17-12(2)23-9-8-15(17)29-19)18(27-20(22)24-11)25-14-7-6-13(10-14)21(3,4)28-5;2*1-2/h8-9,13-14H,6-7,10H2,1-5H3,(H3,22,24,25,27);2*1-2H3/t13?,14-;;/m0../s1. The van der Waals surface area contributed by atoms with Crippen molar-refractivity contribution in [1.82, 2.24) is 19.9 Å². The van der Waals surface area contributed by atoms with Crippen molar-refractivity contribution in [3.63, 3.8) is 0 Å². The Balaban J connectivity index is 0.000000914.